The van der Waals surface area contributed by atoms with Gasteiger partial charge < -0.3 is 4.90 Å². The van der Waals surface area contributed by atoms with Crippen molar-refractivity contribution in [3.05, 3.63) is 17.6 Å². The molecule has 2 heterocycles. The number of halogens is 1. The van der Waals surface area contributed by atoms with Gasteiger partial charge in [0.2, 0.25) is 0 Å². The van der Waals surface area contributed by atoms with Crippen LogP contribution in [0.1, 0.15) is 37.2 Å². The van der Waals surface area contributed by atoms with Crippen LogP contribution in [0.3, 0.4) is 0 Å². The molecule has 17 heavy (non-hydrogen) atoms. The number of aromatic nitrogens is 2. The molecular formula is C13H20BrN3. The van der Waals surface area contributed by atoms with Crippen LogP contribution in [0.2, 0.25) is 0 Å². The van der Waals surface area contributed by atoms with Gasteiger partial charge in [-0.15, -0.1) is 0 Å². The van der Waals surface area contributed by atoms with Crippen molar-refractivity contribution in [1.29, 1.82) is 0 Å². The fourth-order valence-corrected chi connectivity index (χ4v) is 3.10. The van der Waals surface area contributed by atoms with Crippen molar-refractivity contribution in [2.24, 2.45) is 0 Å². The topological polar surface area (TPSA) is 29.0 Å². The molecule has 0 aromatic carbocycles. The van der Waals surface area contributed by atoms with Gasteiger partial charge in [-0.3, -0.25) is 0 Å². The fraction of sp³-hybridized carbons (Fsp3) is 0.692. The maximum absolute atomic E-state index is 4.59. The van der Waals surface area contributed by atoms with E-state index in [4.69, 9.17) is 0 Å². The summed E-state index contributed by atoms with van der Waals surface area (Å²) >= 11 is 3.55. The molecule has 1 aromatic rings. The molecule has 1 unspecified atom stereocenters. The first kappa shape index (κ1) is 12.8. The van der Waals surface area contributed by atoms with Crippen LogP contribution in [0, 0.1) is 13.8 Å². The smallest absolute Gasteiger partial charge is 0.132 e. The largest absolute Gasteiger partial charge is 0.353 e. The van der Waals surface area contributed by atoms with Crippen molar-refractivity contribution in [2.75, 3.05) is 16.8 Å². The third-order valence-corrected chi connectivity index (χ3v) is 3.77. The molecule has 4 heteroatoms. The number of aryl methyl sites for hydroxylation is 2. The Labute approximate surface area is 112 Å². The van der Waals surface area contributed by atoms with Crippen LogP contribution in [0.5, 0.6) is 0 Å². The molecule has 94 valence electrons. The third kappa shape index (κ3) is 3.18. The van der Waals surface area contributed by atoms with E-state index in [1.165, 1.54) is 25.7 Å². The minimum atomic E-state index is 0.636. The molecule has 0 spiro atoms. The zero-order valence-corrected chi connectivity index (χ0v) is 12.2. The van der Waals surface area contributed by atoms with Crippen molar-refractivity contribution in [3.8, 4) is 0 Å². The van der Waals surface area contributed by atoms with Crippen LogP contribution in [-0.2, 0) is 0 Å². The van der Waals surface area contributed by atoms with Gasteiger partial charge in [-0.25, -0.2) is 9.97 Å². The van der Waals surface area contributed by atoms with Gasteiger partial charge >= 0.3 is 0 Å². The predicted octanol–water partition coefficient (Wildman–Crippen LogP) is 3.24. The number of hydrogen-bond acceptors (Lipinski definition) is 3. The van der Waals surface area contributed by atoms with Gasteiger partial charge in [0.25, 0.3) is 0 Å². The lowest BCUT2D eigenvalue weighted by molar-refractivity contribution is 0.449. The fourth-order valence-electron chi connectivity index (χ4n) is 2.57. The molecule has 1 aromatic heterocycles. The maximum atomic E-state index is 4.59. The molecule has 0 saturated carbocycles. The first-order valence-electron chi connectivity index (χ1n) is 6.35. The Morgan fingerprint density at radius 1 is 1.35 bits per heavy atom. The summed E-state index contributed by atoms with van der Waals surface area (Å²) in [7, 11) is 0. The number of alkyl halides is 1. The van der Waals surface area contributed by atoms with Crippen LogP contribution < -0.4 is 4.90 Å². The lowest BCUT2D eigenvalue weighted by Crippen LogP contribution is -2.40. The summed E-state index contributed by atoms with van der Waals surface area (Å²) in [5, 5.41) is 1.07. The summed E-state index contributed by atoms with van der Waals surface area (Å²) in [6.07, 6.45) is 5.11. The van der Waals surface area contributed by atoms with Gasteiger partial charge in [0.05, 0.1) is 0 Å². The number of piperidine rings is 1. The van der Waals surface area contributed by atoms with Crippen molar-refractivity contribution < 1.29 is 0 Å². The first-order valence-corrected chi connectivity index (χ1v) is 7.48. The Bertz CT molecular complexity index is 359. The van der Waals surface area contributed by atoms with Gasteiger partial charge in [0, 0.05) is 29.7 Å². The van der Waals surface area contributed by atoms with Gasteiger partial charge in [0.1, 0.15) is 11.6 Å². The van der Waals surface area contributed by atoms with Gasteiger partial charge in [-0.05, 0) is 39.5 Å². The van der Waals surface area contributed by atoms with E-state index >= 15 is 0 Å². The minimum Gasteiger partial charge on any atom is -0.353 e. The van der Waals surface area contributed by atoms with E-state index in [1.807, 2.05) is 13.8 Å². The molecule has 1 aliphatic rings. The highest BCUT2D eigenvalue weighted by atomic mass is 79.9. The Balaban J connectivity index is 2.22. The molecule has 0 aliphatic carbocycles. The molecule has 1 fully saturated rings. The van der Waals surface area contributed by atoms with Crippen LogP contribution in [0.15, 0.2) is 6.07 Å². The Kier molecular flexibility index (Phi) is 4.37. The predicted molar refractivity (Wildman–Crippen MR) is 74.9 cm³/mol. The lowest BCUT2D eigenvalue weighted by atomic mass is 10.00. The summed E-state index contributed by atoms with van der Waals surface area (Å²) in [5.41, 5.74) is 1.07. The van der Waals surface area contributed by atoms with Gasteiger partial charge in [0.15, 0.2) is 0 Å². The SMILES string of the molecule is Cc1cc(N2CCCCC2CCBr)nc(C)n1. The lowest BCUT2D eigenvalue weighted by Gasteiger charge is -2.36. The molecule has 1 atom stereocenters. The Hall–Kier alpha value is -0.640. The number of hydrogen-bond donors (Lipinski definition) is 0. The van der Waals surface area contributed by atoms with E-state index in [9.17, 15) is 0 Å². The molecule has 0 radical (unpaired) electrons. The van der Waals surface area contributed by atoms with E-state index in [-0.39, 0.29) is 0 Å². The molecule has 0 bridgehead atoms. The van der Waals surface area contributed by atoms with E-state index < -0.39 is 0 Å². The third-order valence-electron chi connectivity index (χ3n) is 3.32. The highest BCUT2D eigenvalue weighted by Gasteiger charge is 2.23. The van der Waals surface area contributed by atoms with Gasteiger partial charge in [-0.1, -0.05) is 15.9 Å². The van der Waals surface area contributed by atoms with Crippen molar-refractivity contribution in [1.82, 2.24) is 9.97 Å². The Morgan fingerprint density at radius 2 is 2.18 bits per heavy atom. The standard InChI is InChI=1S/C13H20BrN3/c1-10-9-13(16-11(2)15-10)17-8-4-3-5-12(17)6-7-14/h9,12H,3-8H2,1-2H3. The summed E-state index contributed by atoms with van der Waals surface area (Å²) in [4.78, 5) is 11.4. The summed E-state index contributed by atoms with van der Waals surface area (Å²) in [5.74, 6) is 1.99. The second-order valence-electron chi connectivity index (χ2n) is 4.74. The van der Waals surface area contributed by atoms with Gasteiger partial charge in [-0.2, -0.15) is 0 Å². The number of nitrogens with zero attached hydrogens (tertiary/aromatic N) is 3. The summed E-state index contributed by atoms with van der Waals surface area (Å²) in [6, 6.07) is 2.75. The van der Waals surface area contributed by atoms with Crippen molar-refractivity contribution in [3.63, 3.8) is 0 Å². The number of anilines is 1. The zero-order chi connectivity index (χ0) is 12.3. The van der Waals surface area contributed by atoms with Crippen molar-refractivity contribution >= 4 is 21.7 Å². The molecule has 1 aliphatic heterocycles. The quantitative estimate of drug-likeness (QED) is 0.802. The summed E-state index contributed by atoms with van der Waals surface area (Å²) < 4.78 is 0. The molecule has 1 saturated heterocycles. The van der Waals surface area contributed by atoms with E-state index in [1.54, 1.807) is 0 Å². The molecule has 3 nitrogen and oxygen atoms in total. The second kappa shape index (κ2) is 5.80. The highest BCUT2D eigenvalue weighted by Crippen LogP contribution is 2.25. The second-order valence-corrected chi connectivity index (χ2v) is 5.53. The van der Waals surface area contributed by atoms with Crippen molar-refractivity contribution in [2.45, 2.75) is 45.6 Å². The Morgan fingerprint density at radius 3 is 2.88 bits per heavy atom. The summed E-state index contributed by atoms with van der Waals surface area (Å²) in [6.45, 7) is 5.15. The molecular weight excluding hydrogens is 278 g/mol. The minimum absolute atomic E-state index is 0.636. The average molecular weight is 298 g/mol. The van der Waals surface area contributed by atoms with E-state index in [0.717, 1.165) is 29.2 Å². The van der Waals surface area contributed by atoms with Crippen LogP contribution >= 0.6 is 15.9 Å². The van der Waals surface area contributed by atoms with Crippen LogP contribution in [0.4, 0.5) is 5.82 Å². The van der Waals surface area contributed by atoms with Crippen LogP contribution in [0.25, 0.3) is 0 Å². The monoisotopic (exact) mass is 297 g/mol. The highest BCUT2D eigenvalue weighted by molar-refractivity contribution is 9.09. The van der Waals surface area contributed by atoms with E-state index in [0.29, 0.717) is 6.04 Å². The molecule has 2 rings (SSSR count). The molecule has 0 N–H and O–H groups in total. The number of rotatable bonds is 3. The maximum Gasteiger partial charge on any atom is 0.132 e. The normalized spacial score (nSPS) is 20.6. The average Bonchev–Trinajstić information content (AvgIpc) is 2.29. The zero-order valence-electron chi connectivity index (χ0n) is 10.6. The molecule has 0 amide bonds. The van der Waals surface area contributed by atoms with Crippen LogP contribution in [-0.4, -0.2) is 27.9 Å². The first-order chi connectivity index (χ1) is 8.20. The van der Waals surface area contributed by atoms with E-state index in [2.05, 4.69) is 36.9 Å².